The Labute approximate surface area is 166 Å². The molecule has 2 rings (SSSR count). The molecule has 9 heteroatoms. The highest BCUT2D eigenvalue weighted by molar-refractivity contribution is 7.92. The summed E-state index contributed by atoms with van der Waals surface area (Å²) in [7, 11) is -3.65. The van der Waals surface area contributed by atoms with Crippen LogP contribution in [0, 0.1) is 0 Å². The van der Waals surface area contributed by atoms with Crippen LogP contribution < -0.4 is 9.62 Å². The van der Waals surface area contributed by atoms with Crippen LogP contribution in [0.5, 0.6) is 0 Å². The van der Waals surface area contributed by atoms with Gasteiger partial charge in [-0.1, -0.05) is 24.6 Å². The second kappa shape index (κ2) is 10.3. The minimum atomic E-state index is -3.65. The molecule has 7 nitrogen and oxygen atoms in total. The van der Waals surface area contributed by atoms with Crippen molar-refractivity contribution < 1.29 is 17.9 Å². The largest absolute Gasteiger partial charge is 0.379 e. The fourth-order valence-corrected chi connectivity index (χ4v) is 4.52. The van der Waals surface area contributed by atoms with Gasteiger partial charge in [0.2, 0.25) is 15.9 Å². The van der Waals surface area contributed by atoms with Crippen molar-refractivity contribution in [2.45, 2.75) is 25.8 Å². The maximum Gasteiger partial charge on any atom is 0.243 e. The highest BCUT2D eigenvalue weighted by atomic mass is 35.5. The summed E-state index contributed by atoms with van der Waals surface area (Å²) in [4.78, 5) is 15.0. The van der Waals surface area contributed by atoms with E-state index in [0.717, 1.165) is 49.8 Å². The van der Waals surface area contributed by atoms with E-state index in [2.05, 4.69) is 10.2 Å². The van der Waals surface area contributed by atoms with E-state index in [1.165, 1.54) is 0 Å². The highest BCUT2D eigenvalue weighted by Gasteiger charge is 2.31. The Morgan fingerprint density at radius 2 is 2.07 bits per heavy atom. The normalized spacial score (nSPS) is 16.7. The monoisotopic (exact) mass is 417 g/mol. The van der Waals surface area contributed by atoms with Gasteiger partial charge in [0.15, 0.2) is 0 Å². The number of rotatable bonds is 9. The Morgan fingerprint density at radius 3 is 2.67 bits per heavy atom. The van der Waals surface area contributed by atoms with Gasteiger partial charge in [-0.3, -0.25) is 14.0 Å². The summed E-state index contributed by atoms with van der Waals surface area (Å²) >= 11 is 6.01. The first-order valence-corrected chi connectivity index (χ1v) is 11.4. The summed E-state index contributed by atoms with van der Waals surface area (Å²) < 4.78 is 31.2. The Bertz CT molecular complexity index is 723. The lowest BCUT2D eigenvalue weighted by molar-refractivity contribution is -0.122. The van der Waals surface area contributed by atoms with E-state index in [1.807, 2.05) is 0 Å². The van der Waals surface area contributed by atoms with Gasteiger partial charge in [-0.25, -0.2) is 8.42 Å². The highest BCUT2D eigenvalue weighted by Crippen LogP contribution is 2.25. The molecule has 1 amide bonds. The van der Waals surface area contributed by atoms with E-state index in [0.29, 0.717) is 23.7 Å². The van der Waals surface area contributed by atoms with Gasteiger partial charge in [-0.15, -0.1) is 0 Å². The Kier molecular flexibility index (Phi) is 8.34. The molecule has 1 saturated heterocycles. The van der Waals surface area contributed by atoms with E-state index in [1.54, 1.807) is 31.2 Å². The van der Waals surface area contributed by atoms with Gasteiger partial charge in [0.05, 0.1) is 25.2 Å². The molecule has 0 bridgehead atoms. The number of amides is 1. The topological polar surface area (TPSA) is 79.0 Å². The summed E-state index contributed by atoms with van der Waals surface area (Å²) in [6.07, 6.45) is 2.26. The average Bonchev–Trinajstić information content (AvgIpc) is 2.62. The minimum Gasteiger partial charge on any atom is -0.379 e. The van der Waals surface area contributed by atoms with Crippen LogP contribution in [0.15, 0.2) is 24.3 Å². The van der Waals surface area contributed by atoms with Crippen LogP contribution in [0.4, 0.5) is 5.69 Å². The lowest BCUT2D eigenvalue weighted by Gasteiger charge is -2.30. The first kappa shape index (κ1) is 21.9. The zero-order chi connectivity index (χ0) is 19.9. The first-order valence-electron chi connectivity index (χ1n) is 9.15. The Morgan fingerprint density at radius 1 is 1.37 bits per heavy atom. The molecule has 1 aliphatic rings. The number of hydrogen-bond donors (Lipinski definition) is 1. The number of halogens is 1. The van der Waals surface area contributed by atoms with Crippen LogP contribution in [0.3, 0.4) is 0 Å². The van der Waals surface area contributed by atoms with Crippen LogP contribution in [0.2, 0.25) is 5.02 Å². The lowest BCUT2D eigenvalue weighted by atomic mass is 10.2. The van der Waals surface area contributed by atoms with Crippen molar-refractivity contribution in [2.24, 2.45) is 0 Å². The second-order valence-electron chi connectivity index (χ2n) is 6.56. The molecular formula is C18H28ClN3O4S. The maximum atomic E-state index is 12.7. The van der Waals surface area contributed by atoms with Crippen molar-refractivity contribution in [1.29, 1.82) is 0 Å². The molecular weight excluding hydrogens is 390 g/mol. The molecule has 1 unspecified atom stereocenters. The number of benzene rings is 1. The van der Waals surface area contributed by atoms with E-state index >= 15 is 0 Å². The van der Waals surface area contributed by atoms with E-state index in [-0.39, 0.29) is 5.91 Å². The summed E-state index contributed by atoms with van der Waals surface area (Å²) in [5.74, 6) is -0.301. The third-order valence-corrected chi connectivity index (χ3v) is 5.86. The van der Waals surface area contributed by atoms with Crippen molar-refractivity contribution >= 4 is 33.2 Å². The van der Waals surface area contributed by atoms with Gasteiger partial charge in [0.25, 0.3) is 0 Å². The van der Waals surface area contributed by atoms with Crippen LogP contribution in [0.25, 0.3) is 0 Å². The standard InChI is InChI=1S/C18H28ClN3O4S/c1-3-17(18(23)20-8-5-9-21-10-12-26-13-11-21)22(27(2,24)25)16-7-4-6-15(19)14-16/h4,6-7,14,17H,3,5,8-13H2,1-2H3,(H,20,23). The molecule has 0 spiro atoms. The lowest BCUT2D eigenvalue weighted by Crippen LogP contribution is -2.49. The number of sulfonamides is 1. The van der Waals surface area contributed by atoms with Crippen LogP contribution in [-0.4, -0.2) is 70.9 Å². The molecule has 1 fully saturated rings. The SMILES string of the molecule is CCC(C(=O)NCCCN1CCOCC1)N(c1cccc(Cl)c1)S(C)(=O)=O. The third-order valence-electron chi connectivity index (χ3n) is 4.45. The Balaban J connectivity index is 1.99. The number of anilines is 1. The first-order chi connectivity index (χ1) is 12.8. The predicted molar refractivity (Wildman–Crippen MR) is 108 cm³/mol. The van der Waals surface area contributed by atoms with Crippen LogP contribution >= 0.6 is 11.6 Å². The van der Waals surface area contributed by atoms with Gasteiger partial charge in [0, 0.05) is 24.7 Å². The molecule has 1 atom stereocenters. The number of ether oxygens (including phenoxy) is 1. The molecule has 1 aliphatic heterocycles. The fraction of sp³-hybridized carbons (Fsp3) is 0.611. The van der Waals surface area contributed by atoms with Crippen molar-refractivity contribution in [3.05, 3.63) is 29.3 Å². The van der Waals surface area contributed by atoms with Crippen molar-refractivity contribution in [1.82, 2.24) is 10.2 Å². The van der Waals surface area contributed by atoms with Gasteiger partial charge in [-0.2, -0.15) is 0 Å². The fourth-order valence-electron chi connectivity index (χ4n) is 3.13. The van der Waals surface area contributed by atoms with Gasteiger partial charge < -0.3 is 10.1 Å². The zero-order valence-corrected chi connectivity index (χ0v) is 17.4. The van der Waals surface area contributed by atoms with Crippen molar-refractivity contribution in [3.8, 4) is 0 Å². The Hall–Kier alpha value is -1.35. The number of morpholine rings is 1. The molecule has 0 aromatic heterocycles. The van der Waals surface area contributed by atoms with Crippen LogP contribution in [0.1, 0.15) is 19.8 Å². The zero-order valence-electron chi connectivity index (χ0n) is 15.9. The summed E-state index contributed by atoms with van der Waals surface area (Å²) in [5, 5.41) is 3.29. The summed E-state index contributed by atoms with van der Waals surface area (Å²) in [5.41, 5.74) is 0.389. The van der Waals surface area contributed by atoms with Gasteiger partial charge >= 0.3 is 0 Å². The number of carbonyl (C=O) groups excluding carboxylic acids is 1. The third kappa shape index (κ3) is 6.64. The van der Waals surface area contributed by atoms with Gasteiger partial charge in [0.1, 0.15) is 6.04 Å². The summed E-state index contributed by atoms with van der Waals surface area (Å²) in [6.45, 7) is 6.47. The quantitative estimate of drug-likeness (QED) is 0.619. The van der Waals surface area contributed by atoms with Gasteiger partial charge in [-0.05, 0) is 37.6 Å². The van der Waals surface area contributed by atoms with E-state index < -0.39 is 16.1 Å². The molecule has 1 heterocycles. The smallest absolute Gasteiger partial charge is 0.243 e. The number of nitrogens with one attached hydrogen (secondary N) is 1. The average molecular weight is 418 g/mol. The molecule has 0 saturated carbocycles. The molecule has 0 aliphatic carbocycles. The number of hydrogen-bond acceptors (Lipinski definition) is 5. The molecule has 1 aromatic carbocycles. The van der Waals surface area contributed by atoms with Crippen molar-refractivity contribution in [2.75, 3.05) is 50.0 Å². The minimum absolute atomic E-state index is 0.301. The second-order valence-corrected chi connectivity index (χ2v) is 8.86. The molecule has 152 valence electrons. The van der Waals surface area contributed by atoms with Crippen LogP contribution in [-0.2, 0) is 19.6 Å². The van der Waals surface area contributed by atoms with E-state index in [4.69, 9.17) is 16.3 Å². The molecule has 27 heavy (non-hydrogen) atoms. The summed E-state index contributed by atoms with van der Waals surface area (Å²) in [6, 6.07) is 5.71. The maximum absolute atomic E-state index is 12.7. The molecule has 1 N–H and O–H groups in total. The number of carbonyl (C=O) groups is 1. The molecule has 0 radical (unpaired) electrons. The predicted octanol–water partition coefficient (Wildman–Crippen LogP) is 1.72. The number of nitrogens with zero attached hydrogens (tertiary/aromatic N) is 2. The van der Waals surface area contributed by atoms with Crippen molar-refractivity contribution in [3.63, 3.8) is 0 Å². The molecule has 1 aromatic rings. The van der Waals surface area contributed by atoms with E-state index in [9.17, 15) is 13.2 Å².